The van der Waals surface area contributed by atoms with Crippen molar-refractivity contribution in [1.82, 2.24) is 10.1 Å². The molecule has 0 radical (unpaired) electrons. The summed E-state index contributed by atoms with van der Waals surface area (Å²) in [6.07, 6.45) is 1.48. The molecule has 1 aromatic carbocycles. The zero-order chi connectivity index (χ0) is 13.1. The van der Waals surface area contributed by atoms with E-state index in [0.29, 0.717) is 18.1 Å². The van der Waals surface area contributed by atoms with E-state index in [2.05, 4.69) is 42.2 Å². The zero-order valence-corrected chi connectivity index (χ0v) is 11.1. The Bertz CT molecular complexity index is 534. The Balaban J connectivity index is 2.13. The average molecular weight is 245 g/mol. The van der Waals surface area contributed by atoms with Gasteiger partial charge >= 0.3 is 0 Å². The largest absolute Gasteiger partial charge is 0.338 e. The summed E-state index contributed by atoms with van der Waals surface area (Å²) in [6, 6.07) is 6.21. The third-order valence-corrected chi connectivity index (χ3v) is 3.17. The number of hydrogen-bond donors (Lipinski definition) is 1. The normalized spacial score (nSPS) is 12.7. The molecule has 1 heterocycles. The fourth-order valence-corrected chi connectivity index (χ4v) is 1.76. The smallest absolute Gasteiger partial charge is 0.243 e. The molecular formula is C14H19N3O. The van der Waals surface area contributed by atoms with Crippen LogP contribution in [0.5, 0.6) is 0 Å². The highest BCUT2D eigenvalue weighted by Crippen LogP contribution is 2.15. The van der Waals surface area contributed by atoms with Gasteiger partial charge in [0.25, 0.3) is 0 Å². The molecule has 0 aliphatic rings. The predicted octanol–water partition coefficient (Wildman–Crippen LogP) is 2.69. The van der Waals surface area contributed by atoms with Gasteiger partial charge in [-0.05, 0) is 37.0 Å². The Morgan fingerprint density at radius 2 is 2.06 bits per heavy atom. The highest BCUT2D eigenvalue weighted by Gasteiger charge is 2.13. The summed E-state index contributed by atoms with van der Waals surface area (Å²) in [5, 5.41) is 3.97. The molecule has 0 aliphatic heterocycles. The van der Waals surface area contributed by atoms with Crippen LogP contribution in [0.2, 0.25) is 0 Å². The highest BCUT2D eigenvalue weighted by molar-refractivity contribution is 5.31. The van der Waals surface area contributed by atoms with Gasteiger partial charge in [0.2, 0.25) is 5.89 Å². The monoisotopic (exact) mass is 245 g/mol. The van der Waals surface area contributed by atoms with Crippen molar-refractivity contribution in [2.45, 2.75) is 39.7 Å². The van der Waals surface area contributed by atoms with E-state index in [1.54, 1.807) is 0 Å². The maximum atomic E-state index is 5.85. The van der Waals surface area contributed by atoms with Crippen LogP contribution in [0, 0.1) is 13.8 Å². The fraction of sp³-hybridized carbons (Fsp3) is 0.429. The maximum absolute atomic E-state index is 5.85. The Morgan fingerprint density at radius 3 is 2.72 bits per heavy atom. The van der Waals surface area contributed by atoms with E-state index in [-0.39, 0.29) is 6.04 Å². The van der Waals surface area contributed by atoms with Crippen LogP contribution in [-0.4, -0.2) is 10.1 Å². The number of nitrogens with two attached hydrogens (primary N) is 1. The van der Waals surface area contributed by atoms with Gasteiger partial charge in [0.15, 0.2) is 5.82 Å². The van der Waals surface area contributed by atoms with E-state index in [1.165, 1.54) is 16.7 Å². The summed E-state index contributed by atoms with van der Waals surface area (Å²) in [5.74, 6) is 1.22. The Kier molecular flexibility index (Phi) is 3.77. The lowest BCUT2D eigenvalue weighted by atomic mass is 10.0. The number of aryl methyl sites for hydroxylation is 2. The number of benzene rings is 1. The van der Waals surface area contributed by atoms with Crippen LogP contribution in [0.25, 0.3) is 0 Å². The van der Waals surface area contributed by atoms with E-state index in [4.69, 9.17) is 10.3 Å². The first-order chi connectivity index (χ1) is 8.60. The number of rotatable bonds is 4. The summed E-state index contributed by atoms with van der Waals surface area (Å²) in [7, 11) is 0. The Morgan fingerprint density at radius 1 is 1.28 bits per heavy atom. The molecule has 0 aliphatic carbocycles. The van der Waals surface area contributed by atoms with Crippen LogP contribution in [0.3, 0.4) is 0 Å². The number of nitrogens with zero attached hydrogens (tertiary/aromatic N) is 2. The van der Waals surface area contributed by atoms with Gasteiger partial charge in [-0.3, -0.25) is 0 Å². The van der Waals surface area contributed by atoms with Crippen molar-refractivity contribution in [1.29, 1.82) is 0 Å². The molecule has 0 bridgehead atoms. The number of aromatic nitrogens is 2. The van der Waals surface area contributed by atoms with Crippen LogP contribution in [0.15, 0.2) is 22.7 Å². The lowest BCUT2D eigenvalue weighted by Gasteiger charge is -2.02. The number of hydrogen-bond acceptors (Lipinski definition) is 4. The molecule has 0 amide bonds. The SMILES string of the molecule is CC[C@@H](N)c1nc(Cc2ccc(C)c(C)c2)no1. The second kappa shape index (κ2) is 5.31. The molecule has 0 unspecified atom stereocenters. The van der Waals surface area contributed by atoms with Gasteiger partial charge in [0, 0.05) is 6.42 Å². The van der Waals surface area contributed by atoms with Crippen LogP contribution >= 0.6 is 0 Å². The summed E-state index contributed by atoms with van der Waals surface area (Å²) >= 11 is 0. The van der Waals surface area contributed by atoms with Crippen molar-refractivity contribution in [2.24, 2.45) is 5.73 Å². The van der Waals surface area contributed by atoms with E-state index >= 15 is 0 Å². The minimum absolute atomic E-state index is 0.161. The lowest BCUT2D eigenvalue weighted by molar-refractivity contribution is 0.348. The second-order valence-electron chi connectivity index (χ2n) is 4.66. The molecule has 1 atom stereocenters. The van der Waals surface area contributed by atoms with E-state index in [9.17, 15) is 0 Å². The van der Waals surface area contributed by atoms with Crippen molar-refractivity contribution >= 4 is 0 Å². The molecule has 2 aromatic rings. The van der Waals surface area contributed by atoms with Crippen molar-refractivity contribution in [2.75, 3.05) is 0 Å². The minimum atomic E-state index is -0.161. The Labute approximate surface area is 107 Å². The average Bonchev–Trinajstić information content (AvgIpc) is 2.81. The van der Waals surface area contributed by atoms with Gasteiger partial charge < -0.3 is 10.3 Å². The topological polar surface area (TPSA) is 64.9 Å². The summed E-state index contributed by atoms with van der Waals surface area (Å²) in [6.45, 7) is 6.21. The highest BCUT2D eigenvalue weighted by atomic mass is 16.5. The van der Waals surface area contributed by atoms with E-state index in [1.807, 2.05) is 6.92 Å². The van der Waals surface area contributed by atoms with Crippen molar-refractivity contribution < 1.29 is 4.52 Å². The van der Waals surface area contributed by atoms with Crippen LogP contribution in [0.4, 0.5) is 0 Å². The molecule has 0 spiro atoms. The predicted molar refractivity (Wildman–Crippen MR) is 70.2 cm³/mol. The molecule has 96 valence electrons. The molecular weight excluding hydrogens is 226 g/mol. The lowest BCUT2D eigenvalue weighted by Crippen LogP contribution is -2.08. The summed E-state index contributed by atoms with van der Waals surface area (Å²) in [5.41, 5.74) is 9.61. The van der Waals surface area contributed by atoms with Crippen LogP contribution in [-0.2, 0) is 6.42 Å². The summed E-state index contributed by atoms with van der Waals surface area (Å²) in [4.78, 5) is 4.33. The quantitative estimate of drug-likeness (QED) is 0.899. The van der Waals surface area contributed by atoms with E-state index < -0.39 is 0 Å². The van der Waals surface area contributed by atoms with E-state index in [0.717, 1.165) is 6.42 Å². The molecule has 4 heteroatoms. The fourth-order valence-electron chi connectivity index (χ4n) is 1.76. The molecule has 0 fully saturated rings. The molecule has 1 aromatic heterocycles. The van der Waals surface area contributed by atoms with Gasteiger partial charge in [-0.2, -0.15) is 4.98 Å². The molecule has 4 nitrogen and oxygen atoms in total. The molecule has 2 rings (SSSR count). The third-order valence-electron chi connectivity index (χ3n) is 3.17. The van der Waals surface area contributed by atoms with Crippen LogP contribution in [0.1, 0.15) is 47.8 Å². The standard InChI is InChI=1S/C14H19N3O/c1-4-12(15)14-16-13(17-18-14)8-11-6-5-9(2)10(3)7-11/h5-7,12H,4,8,15H2,1-3H3/t12-/m1/s1. The van der Waals surface area contributed by atoms with Crippen molar-refractivity contribution in [3.05, 3.63) is 46.6 Å². The molecule has 0 saturated heterocycles. The first-order valence-electron chi connectivity index (χ1n) is 6.24. The molecule has 0 saturated carbocycles. The van der Waals surface area contributed by atoms with Crippen LogP contribution < -0.4 is 5.73 Å². The maximum Gasteiger partial charge on any atom is 0.243 e. The van der Waals surface area contributed by atoms with Gasteiger partial charge in [-0.15, -0.1) is 0 Å². The van der Waals surface area contributed by atoms with Crippen molar-refractivity contribution in [3.63, 3.8) is 0 Å². The molecule has 2 N–H and O–H groups in total. The van der Waals surface area contributed by atoms with Gasteiger partial charge in [0.05, 0.1) is 6.04 Å². The summed E-state index contributed by atoms with van der Waals surface area (Å²) < 4.78 is 5.16. The molecule has 18 heavy (non-hydrogen) atoms. The first-order valence-corrected chi connectivity index (χ1v) is 6.24. The van der Waals surface area contributed by atoms with Gasteiger partial charge in [0.1, 0.15) is 0 Å². The zero-order valence-electron chi connectivity index (χ0n) is 11.1. The van der Waals surface area contributed by atoms with Crippen molar-refractivity contribution in [3.8, 4) is 0 Å². The minimum Gasteiger partial charge on any atom is -0.338 e. The third kappa shape index (κ3) is 2.76. The van der Waals surface area contributed by atoms with Gasteiger partial charge in [-0.1, -0.05) is 30.3 Å². The Hall–Kier alpha value is -1.68. The first kappa shape index (κ1) is 12.8. The van der Waals surface area contributed by atoms with Gasteiger partial charge in [-0.25, -0.2) is 0 Å². The second-order valence-corrected chi connectivity index (χ2v) is 4.66.